The average Bonchev–Trinajstić information content (AvgIpc) is 4.05. The van der Waals surface area contributed by atoms with Gasteiger partial charge in [-0.3, -0.25) is 24.7 Å². The number of piperidine rings is 1. The van der Waals surface area contributed by atoms with E-state index in [1.165, 1.54) is 17.2 Å². The van der Waals surface area contributed by atoms with E-state index in [-0.39, 0.29) is 75.0 Å². The Morgan fingerprint density at radius 2 is 1.63 bits per heavy atom. The summed E-state index contributed by atoms with van der Waals surface area (Å²) in [5, 5.41) is 17.2. The molecule has 6 fully saturated rings. The Morgan fingerprint density at radius 1 is 0.868 bits per heavy atom. The van der Waals surface area contributed by atoms with Gasteiger partial charge in [0.2, 0.25) is 15.7 Å². The molecule has 1 spiro atoms. The minimum atomic E-state index is -4.78. The number of amides is 1. The number of hydrogen-bond acceptors (Lipinski definition) is 16. The van der Waals surface area contributed by atoms with E-state index in [0.717, 1.165) is 95.7 Å². The first kappa shape index (κ1) is 49.5. The number of pyridine rings is 1. The molecule has 20 heteroatoms. The van der Waals surface area contributed by atoms with E-state index in [9.17, 15) is 14.9 Å². The smallest absolute Gasteiger partial charge is 0.297 e. The van der Waals surface area contributed by atoms with Crippen LogP contribution in [0.25, 0.3) is 11.0 Å². The highest BCUT2D eigenvalue weighted by atomic mass is 32.2. The molecule has 2 aromatic heterocycles. The minimum Gasteiger partial charge on any atom is -0.489 e. The van der Waals surface area contributed by atoms with Crippen molar-refractivity contribution in [3.63, 3.8) is 0 Å². The van der Waals surface area contributed by atoms with Crippen molar-refractivity contribution in [1.82, 2.24) is 19.8 Å². The number of nitro benzene ring substituents is 1. The van der Waals surface area contributed by atoms with E-state index in [1.54, 1.807) is 18.3 Å². The topological polar surface area (TPSA) is 220 Å². The molecule has 19 nitrogen and oxygen atoms in total. The van der Waals surface area contributed by atoms with E-state index in [1.807, 2.05) is 17.0 Å². The van der Waals surface area contributed by atoms with Crippen molar-refractivity contribution in [3.8, 4) is 11.6 Å². The highest BCUT2D eigenvalue weighted by Gasteiger charge is 2.52. The number of anilines is 4. The second kappa shape index (κ2) is 19.8. The third kappa shape index (κ3) is 8.72. The Hall–Kier alpha value is -6.03. The van der Waals surface area contributed by atoms with Crippen molar-refractivity contribution >= 4 is 55.2 Å². The van der Waals surface area contributed by atoms with Crippen molar-refractivity contribution in [3.05, 3.63) is 93.7 Å². The third-order valence-corrected chi connectivity index (χ3v) is 20.1. The number of nitrogens with one attached hydrogen (secondary N) is 2. The van der Waals surface area contributed by atoms with Crippen LogP contribution in [0.4, 0.5) is 28.4 Å². The number of nitrogens with zero attached hydrogens (tertiary/aromatic N) is 6. The molecular formula is C56H67N9O10S. The second-order valence-corrected chi connectivity index (χ2v) is 24.3. The Kier molecular flexibility index (Phi) is 12.9. The van der Waals surface area contributed by atoms with Gasteiger partial charge in [0.05, 0.1) is 45.4 Å². The summed E-state index contributed by atoms with van der Waals surface area (Å²) >= 11 is 0. The van der Waals surface area contributed by atoms with E-state index < -0.39 is 38.5 Å². The lowest BCUT2D eigenvalue weighted by atomic mass is 9.59. The first-order valence-electron chi connectivity index (χ1n) is 27.3. The van der Waals surface area contributed by atoms with Crippen LogP contribution < -0.4 is 30.3 Å². The number of H-pyrrole nitrogens is 1. The van der Waals surface area contributed by atoms with Crippen LogP contribution >= 0.6 is 0 Å². The number of piperazine rings is 1. The standard InChI is InChI=1S/C56H67N9O10S/c1-34-4-2-3-5-40(34)47-31-62(37-11-23-72-24-12-37)19-20-63(47)38-29-56(30-38)14-17-61(18-15-56)44-7-6-41(53(57)66)51(64-43-13-25-73-33-49(43)75-55-46(64)26-36-8-16-58-54(36)60-55)52(44)76(69,70)39-27-45(65(67)68)50-48(28-39)74-32-42(59-50)35-9-21-71-22-10-35/h2-8,16,26-28,35,37-38,42-43,47,49,59H,9-15,17-25,29-33H2,1H3,(H2,57,66)(H,58,60)/t42-,43-,47-,49-/m0/s1. The van der Waals surface area contributed by atoms with Crippen LogP contribution in [0.15, 0.2) is 76.7 Å². The number of sulfone groups is 1. The van der Waals surface area contributed by atoms with Gasteiger partial charge in [-0.15, -0.1) is 0 Å². The summed E-state index contributed by atoms with van der Waals surface area (Å²) in [6.07, 6.45) is 9.05. The predicted octanol–water partition coefficient (Wildman–Crippen LogP) is 7.29. The SMILES string of the molecule is Cc1ccccc1[C@@H]1CN(C2CCOCC2)CCN1C1CC2(CCN(c3ccc(C(N)=O)c(N4c5cc6cc[nH]c6nc5O[C@H]5COCC[C@@H]54)c3S(=O)(=O)c3cc4c(c([N+](=O)[O-])c3)N[C@H](C3CCOCC3)CO4)CC2)C1. The molecule has 7 aliphatic heterocycles. The van der Waals surface area contributed by atoms with Gasteiger partial charge in [0.1, 0.15) is 28.9 Å². The fourth-order valence-corrected chi connectivity index (χ4v) is 15.9. The number of aromatic nitrogens is 2. The predicted molar refractivity (Wildman–Crippen MR) is 285 cm³/mol. The molecule has 8 aliphatic rings. The average molecular weight is 1060 g/mol. The van der Waals surface area contributed by atoms with Crippen LogP contribution in [-0.4, -0.2) is 148 Å². The number of aryl methyl sites for hydroxylation is 1. The van der Waals surface area contributed by atoms with Gasteiger partial charge in [-0.05, 0) is 111 Å². The number of rotatable bonds is 10. The Balaban J connectivity index is 0.876. The monoisotopic (exact) mass is 1060 g/mol. The summed E-state index contributed by atoms with van der Waals surface area (Å²) in [5.41, 5.74) is 10.3. The number of nitro groups is 1. The van der Waals surface area contributed by atoms with Crippen LogP contribution in [0.3, 0.4) is 0 Å². The zero-order chi connectivity index (χ0) is 51.9. The number of fused-ring (bicyclic) bond motifs is 4. The number of nitrogens with two attached hydrogens (primary N) is 1. The molecule has 0 unspecified atom stereocenters. The van der Waals surface area contributed by atoms with Gasteiger partial charge in [-0.2, -0.15) is 4.98 Å². The lowest BCUT2D eigenvalue weighted by molar-refractivity contribution is -0.384. The lowest BCUT2D eigenvalue weighted by Gasteiger charge is -2.59. The zero-order valence-corrected chi connectivity index (χ0v) is 43.8. The largest absolute Gasteiger partial charge is 0.489 e. The molecule has 0 radical (unpaired) electrons. The maximum absolute atomic E-state index is 16.2. The normalized spacial score (nSPS) is 25.6. The van der Waals surface area contributed by atoms with Gasteiger partial charge in [-0.25, -0.2) is 8.42 Å². The van der Waals surface area contributed by atoms with Crippen molar-refractivity contribution < 1.29 is 41.8 Å². The lowest BCUT2D eigenvalue weighted by Crippen LogP contribution is -2.61. The summed E-state index contributed by atoms with van der Waals surface area (Å²) in [4.78, 5) is 43.5. The molecule has 5 aromatic rings. The summed E-state index contributed by atoms with van der Waals surface area (Å²) in [7, 11) is -4.78. The number of hydrogen-bond donors (Lipinski definition) is 3. The third-order valence-electron chi connectivity index (χ3n) is 18.3. The van der Waals surface area contributed by atoms with Gasteiger partial charge in [-0.1, -0.05) is 24.3 Å². The molecule has 0 bridgehead atoms. The number of primary amides is 1. The highest BCUT2D eigenvalue weighted by molar-refractivity contribution is 7.91. The second-order valence-electron chi connectivity index (χ2n) is 22.4. The van der Waals surface area contributed by atoms with Crippen LogP contribution in [0.1, 0.15) is 85.3 Å². The quantitative estimate of drug-likeness (QED) is 0.0924. The summed E-state index contributed by atoms with van der Waals surface area (Å²) < 4.78 is 62.7. The highest BCUT2D eigenvalue weighted by Crippen LogP contribution is 2.56. The molecule has 5 saturated heterocycles. The maximum Gasteiger partial charge on any atom is 0.297 e. The Bertz CT molecular complexity index is 3160. The van der Waals surface area contributed by atoms with Crippen LogP contribution in [0.2, 0.25) is 0 Å². The van der Waals surface area contributed by atoms with Gasteiger partial charge < -0.3 is 49.5 Å². The molecule has 76 heavy (non-hydrogen) atoms. The fourth-order valence-electron chi connectivity index (χ4n) is 14.2. The first-order valence-corrected chi connectivity index (χ1v) is 28.8. The molecule has 9 heterocycles. The van der Waals surface area contributed by atoms with Crippen molar-refractivity contribution in [2.75, 3.05) is 94.1 Å². The number of ether oxygens (including phenoxy) is 5. The van der Waals surface area contributed by atoms with Crippen molar-refractivity contribution in [2.45, 2.75) is 111 Å². The van der Waals surface area contributed by atoms with E-state index in [2.05, 4.69) is 56.2 Å². The first-order chi connectivity index (χ1) is 36.9. The number of carbonyl (C=O) groups is 1. The molecule has 4 N–H and O–H groups in total. The Morgan fingerprint density at radius 3 is 2.39 bits per heavy atom. The minimum absolute atomic E-state index is 0.0188. The number of benzene rings is 3. The van der Waals surface area contributed by atoms with Gasteiger partial charge in [0, 0.05) is 108 Å². The van der Waals surface area contributed by atoms with Crippen LogP contribution in [-0.2, 0) is 24.0 Å². The molecule has 1 aliphatic carbocycles. The number of aromatic amines is 1. The van der Waals surface area contributed by atoms with Gasteiger partial charge in [0.25, 0.3) is 11.6 Å². The van der Waals surface area contributed by atoms with E-state index in [0.29, 0.717) is 68.4 Å². The zero-order valence-electron chi connectivity index (χ0n) is 43.0. The molecule has 4 atom stereocenters. The number of carbonyl (C=O) groups excluding carboxylic acids is 1. The summed E-state index contributed by atoms with van der Waals surface area (Å²) in [6, 6.07) is 18.9. The fraction of sp³-hybridized carbons (Fsp3) is 0.536. The van der Waals surface area contributed by atoms with E-state index >= 15 is 8.42 Å². The van der Waals surface area contributed by atoms with E-state index in [4.69, 9.17) is 34.4 Å². The molecule has 1 saturated carbocycles. The van der Waals surface area contributed by atoms with Gasteiger partial charge in [0.15, 0.2) is 11.4 Å². The summed E-state index contributed by atoms with van der Waals surface area (Å²) in [5.74, 6) is -0.367. The molecule has 402 valence electrons. The summed E-state index contributed by atoms with van der Waals surface area (Å²) in [6.45, 7) is 9.92. The molecule has 1 amide bonds. The molecular weight excluding hydrogens is 991 g/mol. The maximum atomic E-state index is 16.2. The van der Waals surface area contributed by atoms with Crippen LogP contribution in [0.5, 0.6) is 11.6 Å². The Labute approximate surface area is 442 Å². The molecule has 3 aromatic carbocycles. The van der Waals surface area contributed by atoms with Crippen molar-refractivity contribution in [1.29, 1.82) is 0 Å². The van der Waals surface area contributed by atoms with Crippen LogP contribution in [0, 0.1) is 28.4 Å². The van der Waals surface area contributed by atoms with Gasteiger partial charge >= 0.3 is 0 Å². The van der Waals surface area contributed by atoms with Crippen molar-refractivity contribution in [2.24, 2.45) is 17.1 Å². The molecule has 13 rings (SSSR count).